The van der Waals surface area contributed by atoms with Gasteiger partial charge in [-0.1, -0.05) is 42.5 Å². The van der Waals surface area contributed by atoms with Crippen molar-refractivity contribution in [3.05, 3.63) is 94.6 Å². The monoisotopic (exact) mass is 464 g/mol. The summed E-state index contributed by atoms with van der Waals surface area (Å²) in [5, 5.41) is 0.707. The summed E-state index contributed by atoms with van der Waals surface area (Å²) in [7, 11) is 0. The first-order valence-electron chi connectivity index (χ1n) is 10.4. The standard InChI is InChI=1S/C26H21FO5S/c1-2-30-26(29)25-24(19-10-6-7-11-23(19)33-25)32-16-21(28)20-14-18(27)12-13-22(20)31-15-17-8-4-3-5-9-17/h3-14H,2,15-16H2,1H3. The number of carbonyl (C=O) groups is 2. The lowest BCUT2D eigenvalue weighted by Gasteiger charge is -2.12. The molecule has 0 aliphatic rings. The van der Waals surface area contributed by atoms with Crippen LogP contribution in [-0.2, 0) is 11.3 Å². The quantitative estimate of drug-likeness (QED) is 0.223. The highest BCUT2D eigenvalue weighted by atomic mass is 32.1. The highest BCUT2D eigenvalue weighted by Gasteiger charge is 2.23. The van der Waals surface area contributed by atoms with E-state index in [1.165, 1.54) is 23.5 Å². The predicted molar refractivity (Wildman–Crippen MR) is 125 cm³/mol. The maximum Gasteiger partial charge on any atom is 0.352 e. The van der Waals surface area contributed by atoms with Gasteiger partial charge < -0.3 is 14.2 Å². The molecule has 4 rings (SSSR count). The van der Waals surface area contributed by atoms with Gasteiger partial charge in [-0.25, -0.2) is 9.18 Å². The molecule has 0 amide bonds. The summed E-state index contributed by atoms with van der Waals surface area (Å²) in [5.74, 6) is -1.000. The number of esters is 1. The van der Waals surface area contributed by atoms with E-state index in [4.69, 9.17) is 14.2 Å². The SMILES string of the molecule is CCOC(=O)c1sc2ccccc2c1OCC(=O)c1cc(F)ccc1OCc1ccccc1. The van der Waals surface area contributed by atoms with Gasteiger partial charge in [-0.3, -0.25) is 4.79 Å². The lowest BCUT2D eigenvalue weighted by atomic mass is 10.1. The van der Waals surface area contributed by atoms with Crippen LogP contribution in [0.25, 0.3) is 10.1 Å². The summed E-state index contributed by atoms with van der Waals surface area (Å²) in [6, 6.07) is 20.6. The summed E-state index contributed by atoms with van der Waals surface area (Å²) < 4.78 is 31.5. The molecule has 1 aromatic heterocycles. The molecule has 5 nitrogen and oxygen atoms in total. The van der Waals surface area contributed by atoms with Gasteiger partial charge in [0, 0.05) is 10.1 Å². The van der Waals surface area contributed by atoms with Gasteiger partial charge in [-0.2, -0.15) is 0 Å². The summed E-state index contributed by atoms with van der Waals surface area (Å²) in [6.07, 6.45) is 0. The van der Waals surface area contributed by atoms with Gasteiger partial charge in [0.1, 0.15) is 18.2 Å². The highest BCUT2D eigenvalue weighted by molar-refractivity contribution is 7.21. The summed E-state index contributed by atoms with van der Waals surface area (Å²) in [6.45, 7) is 1.78. The predicted octanol–water partition coefficient (Wildman–Crippen LogP) is 6.06. The molecule has 0 N–H and O–H groups in total. The lowest BCUT2D eigenvalue weighted by molar-refractivity contribution is 0.0526. The zero-order chi connectivity index (χ0) is 23.2. The van der Waals surface area contributed by atoms with Gasteiger partial charge in [0.15, 0.2) is 17.2 Å². The maximum atomic E-state index is 13.9. The van der Waals surface area contributed by atoms with Crippen molar-refractivity contribution in [1.82, 2.24) is 0 Å². The van der Waals surface area contributed by atoms with Gasteiger partial charge >= 0.3 is 5.97 Å². The molecule has 0 saturated carbocycles. The molecule has 4 aromatic rings. The largest absolute Gasteiger partial charge is 0.488 e. The first-order chi connectivity index (χ1) is 16.1. The molecular formula is C26H21FO5S. The third-order valence-corrected chi connectivity index (χ3v) is 5.97. The van der Waals surface area contributed by atoms with Crippen molar-refractivity contribution in [2.24, 2.45) is 0 Å². The van der Waals surface area contributed by atoms with Gasteiger partial charge in [-0.05, 0) is 42.8 Å². The van der Waals surface area contributed by atoms with Crippen LogP contribution >= 0.6 is 11.3 Å². The number of rotatable bonds is 9. The molecule has 1 heterocycles. The number of carbonyl (C=O) groups excluding carboxylic acids is 2. The molecule has 0 fully saturated rings. The van der Waals surface area contributed by atoms with Crippen molar-refractivity contribution in [3.63, 3.8) is 0 Å². The number of halogens is 1. The minimum atomic E-state index is -0.557. The van der Waals surface area contributed by atoms with E-state index in [-0.39, 0.29) is 35.2 Å². The van der Waals surface area contributed by atoms with Crippen LogP contribution < -0.4 is 9.47 Å². The Hall–Kier alpha value is -3.71. The molecule has 33 heavy (non-hydrogen) atoms. The second-order valence-corrected chi connectivity index (χ2v) is 8.16. The average Bonchev–Trinajstić information content (AvgIpc) is 3.21. The first-order valence-corrected chi connectivity index (χ1v) is 11.2. The van der Waals surface area contributed by atoms with E-state index in [1.807, 2.05) is 54.6 Å². The molecule has 0 bridgehead atoms. The van der Waals surface area contributed by atoms with Crippen molar-refractivity contribution in [2.45, 2.75) is 13.5 Å². The van der Waals surface area contributed by atoms with Crippen LogP contribution in [0.1, 0.15) is 32.5 Å². The molecule has 0 spiro atoms. The molecule has 0 unspecified atom stereocenters. The fraction of sp³-hybridized carbons (Fsp3) is 0.154. The smallest absolute Gasteiger partial charge is 0.352 e. The minimum Gasteiger partial charge on any atom is -0.488 e. The van der Waals surface area contributed by atoms with Crippen LogP contribution in [0.3, 0.4) is 0 Å². The van der Waals surface area contributed by atoms with Crippen LogP contribution in [0.2, 0.25) is 0 Å². The molecule has 3 aromatic carbocycles. The number of hydrogen-bond acceptors (Lipinski definition) is 6. The van der Waals surface area contributed by atoms with Crippen LogP contribution in [0.4, 0.5) is 4.39 Å². The van der Waals surface area contributed by atoms with Gasteiger partial charge in [-0.15, -0.1) is 11.3 Å². The Morgan fingerprint density at radius 3 is 2.48 bits per heavy atom. The fourth-order valence-electron chi connectivity index (χ4n) is 3.29. The Morgan fingerprint density at radius 2 is 1.70 bits per heavy atom. The van der Waals surface area contributed by atoms with Gasteiger partial charge in [0.05, 0.1) is 12.2 Å². The Balaban J connectivity index is 1.56. The van der Waals surface area contributed by atoms with Crippen molar-refractivity contribution in [1.29, 1.82) is 0 Å². The van der Waals surface area contributed by atoms with Crippen LogP contribution in [0.5, 0.6) is 11.5 Å². The van der Waals surface area contributed by atoms with Crippen molar-refractivity contribution in [2.75, 3.05) is 13.2 Å². The molecular weight excluding hydrogens is 443 g/mol. The molecule has 168 valence electrons. The fourth-order valence-corrected chi connectivity index (χ4v) is 4.33. The Morgan fingerprint density at radius 1 is 0.939 bits per heavy atom. The van der Waals surface area contributed by atoms with Crippen LogP contribution in [0, 0.1) is 5.82 Å². The average molecular weight is 465 g/mol. The number of ether oxygens (including phenoxy) is 3. The van der Waals surface area contributed by atoms with Crippen molar-refractivity contribution in [3.8, 4) is 11.5 Å². The van der Waals surface area contributed by atoms with E-state index in [1.54, 1.807) is 6.92 Å². The maximum absolute atomic E-state index is 13.9. The van der Waals surface area contributed by atoms with Crippen LogP contribution in [-0.4, -0.2) is 25.0 Å². The normalized spacial score (nSPS) is 10.7. The molecule has 0 aliphatic carbocycles. The van der Waals surface area contributed by atoms with E-state index >= 15 is 0 Å². The van der Waals surface area contributed by atoms with Gasteiger partial charge in [0.25, 0.3) is 0 Å². The van der Waals surface area contributed by atoms with Gasteiger partial charge in [0.2, 0.25) is 5.78 Å². The van der Waals surface area contributed by atoms with E-state index < -0.39 is 24.2 Å². The second kappa shape index (κ2) is 10.3. The number of Topliss-reactive ketones (excluding diaryl/α,β-unsaturated/α-hetero) is 1. The van der Waals surface area contributed by atoms with E-state index in [9.17, 15) is 14.0 Å². The number of thiophene rings is 1. The highest BCUT2D eigenvalue weighted by Crippen LogP contribution is 2.38. The minimum absolute atomic E-state index is 0.0724. The first kappa shape index (κ1) is 22.5. The Bertz CT molecular complexity index is 1280. The Labute approximate surface area is 194 Å². The summed E-state index contributed by atoms with van der Waals surface area (Å²) in [5.41, 5.74) is 0.989. The Kier molecular flexibility index (Phi) is 7.00. The molecule has 7 heteroatoms. The molecule has 0 radical (unpaired) electrons. The van der Waals surface area contributed by atoms with E-state index in [2.05, 4.69) is 0 Å². The number of ketones is 1. The second-order valence-electron chi connectivity index (χ2n) is 7.10. The van der Waals surface area contributed by atoms with Crippen molar-refractivity contribution >= 4 is 33.2 Å². The molecule has 0 aliphatic heterocycles. The van der Waals surface area contributed by atoms with Crippen LogP contribution in [0.15, 0.2) is 72.8 Å². The van der Waals surface area contributed by atoms with E-state index in [0.29, 0.717) is 5.39 Å². The zero-order valence-electron chi connectivity index (χ0n) is 17.9. The number of benzene rings is 3. The van der Waals surface area contributed by atoms with Crippen molar-refractivity contribution < 1.29 is 28.2 Å². The number of hydrogen-bond donors (Lipinski definition) is 0. The topological polar surface area (TPSA) is 61.8 Å². The van der Waals surface area contributed by atoms with E-state index in [0.717, 1.165) is 16.3 Å². The summed E-state index contributed by atoms with van der Waals surface area (Å²) in [4.78, 5) is 25.7. The number of fused-ring (bicyclic) bond motifs is 1. The lowest BCUT2D eigenvalue weighted by Crippen LogP contribution is -2.15. The summed E-state index contributed by atoms with van der Waals surface area (Å²) >= 11 is 1.24. The third-order valence-electron chi connectivity index (χ3n) is 4.84. The molecule has 0 atom stereocenters. The molecule has 0 saturated heterocycles. The zero-order valence-corrected chi connectivity index (χ0v) is 18.7. The third kappa shape index (κ3) is 5.21.